The summed E-state index contributed by atoms with van der Waals surface area (Å²) in [4.78, 5) is 11.9. The third kappa shape index (κ3) is 3.43. The van der Waals surface area contributed by atoms with E-state index in [4.69, 9.17) is 15.7 Å². The highest BCUT2D eigenvalue weighted by Crippen LogP contribution is 2.42. The first-order valence-corrected chi connectivity index (χ1v) is 9.16. The summed E-state index contributed by atoms with van der Waals surface area (Å²) in [7, 11) is 0. The molecule has 2 aromatic rings. The Balaban J connectivity index is 1.80. The van der Waals surface area contributed by atoms with Crippen LogP contribution in [-0.2, 0) is 0 Å². The molecule has 2 aromatic heterocycles. The van der Waals surface area contributed by atoms with Crippen molar-refractivity contribution >= 4 is 11.4 Å². The van der Waals surface area contributed by atoms with Crippen LogP contribution in [-0.4, -0.2) is 33.3 Å². The number of anilines is 1. The number of nitrogens with two attached hydrogens (primary N) is 1. The number of rotatable bonds is 5. The van der Waals surface area contributed by atoms with Gasteiger partial charge in [-0.1, -0.05) is 25.3 Å². The summed E-state index contributed by atoms with van der Waals surface area (Å²) in [5.74, 6) is 2.06. The zero-order valence-electron chi connectivity index (χ0n) is 15.6. The van der Waals surface area contributed by atoms with Gasteiger partial charge in [0.05, 0.1) is 11.9 Å². The second kappa shape index (κ2) is 6.87. The van der Waals surface area contributed by atoms with E-state index in [-0.39, 0.29) is 0 Å². The molecule has 0 spiro atoms. The van der Waals surface area contributed by atoms with E-state index < -0.39 is 0 Å². The van der Waals surface area contributed by atoms with Gasteiger partial charge < -0.3 is 10.6 Å². The van der Waals surface area contributed by atoms with Crippen LogP contribution < -0.4 is 10.6 Å². The van der Waals surface area contributed by atoms with Gasteiger partial charge in [0.2, 0.25) is 0 Å². The molecule has 3 N–H and O–H groups in total. The second-order valence-electron chi connectivity index (χ2n) is 7.18. The molecule has 1 aliphatic carbocycles. The normalized spacial score (nSPS) is 19.5. The molecule has 2 aliphatic rings. The fraction of sp³-hybridized carbons (Fsp3) is 0.286. The van der Waals surface area contributed by atoms with Gasteiger partial charge in [-0.15, -0.1) is 0 Å². The number of hydrogen-bond acceptors (Lipinski definition) is 5. The maximum atomic E-state index is 6.20. The Kier molecular flexibility index (Phi) is 4.39. The third-order valence-corrected chi connectivity index (χ3v) is 5.00. The standard InChI is InChI=1S/C21H24N6/c1-4-5-16-12-27(11-13(16)2)19-8-18(17-9-23-24-10-17)25-21(26-19)20(14(3)22)15-6-7-15/h4-5,8-10,15H,1-2,6-7,11-12,22H2,3H3,(H,23,24)/b16-5-,20-14-. The molecule has 138 valence electrons. The molecule has 0 bridgehead atoms. The summed E-state index contributed by atoms with van der Waals surface area (Å²) in [6.45, 7) is 11.4. The summed E-state index contributed by atoms with van der Waals surface area (Å²) >= 11 is 0. The first-order valence-electron chi connectivity index (χ1n) is 9.16. The predicted molar refractivity (Wildman–Crippen MR) is 109 cm³/mol. The molecule has 0 aromatic carbocycles. The monoisotopic (exact) mass is 360 g/mol. The highest BCUT2D eigenvalue weighted by molar-refractivity contribution is 5.71. The Hall–Kier alpha value is -3.15. The number of nitrogens with one attached hydrogen (secondary N) is 1. The Morgan fingerprint density at radius 2 is 2.15 bits per heavy atom. The van der Waals surface area contributed by atoms with Crippen molar-refractivity contribution in [1.29, 1.82) is 0 Å². The quantitative estimate of drug-likeness (QED) is 0.853. The van der Waals surface area contributed by atoms with Crippen LogP contribution in [0.2, 0.25) is 0 Å². The molecule has 6 heteroatoms. The minimum absolute atomic E-state index is 0.465. The van der Waals surface area contributed by atoms with Crippen molar-refractivity contribution in [2.75, 3.05) is 18.0 Å². The van der Waals surface area contributed by atoms with Gasteiger partial charge in [0.15, 0.2) is 5.82 Å². The van der Waals surface area contributed by atoms with E-state index in [0.29, 0.717) is 5.92 Å². The summed E-state index contributed by atoms with van der Waals surface area (Å²) in [6.07, 6.45) is 9.73. The molecule has 0 atom stereocenters. The largest absolute Gasteiger partial charge is 0.402 e. The summed E-state index contributed by atoms with van der Waals surface area (Å²) in [5, 5.41) is 6.92. The Labute approximate surface area is 159 Å². The molecule has 0 amide bonds. The maximum absolute atomic E-state index is 6.20. The number of aromatic amines is 1. The van der Waals surface area contributed by atoms with Crippen LogP contribution in [0.3, 0.4) is 0 Å². The molecule has 1 aliphatic heterocycles. The minimum atomic E-state index is 0.465. The average molecular weight is 360 g/mol. The van der Waals surface area contributed by atoms with E-state index in [2.05, 4.69) is 28.3 Å². The van der Waals surface area contributed by atoms with Crippen molar-refractivity contribution in [3.63, 3.8) is 0 Å². The zero-order valence-corrected chi connectivity index (χ0v) is 15.6. The number of nitrogens with zero attached hydrogens (tertiary/aromatic N) is 4. The van der Waals surface area contributed by atoms with Gasteiger partial charge >= 0.3 is 0 Å². The third-order valence-electron chi connectivity index (χ3n) is 5.00. The van der Waals surface area contributed by atoms with Gasteiger partial charge in [0.1, 0.15) is 5.82 Å². The zero-order chi connectivity index (χ0) is 19.0. The lowest BCUT2D eigenvalue weighted by molar-refractivity contribution is 0.937. The van der Waals surface area contributed by atoms with E-state index in [1.54, 1.807) is 12.3 Å². The fourth-order valence-corrected chi connectivity index (χ4v) is 3.49. The molecule has 2 fully saturated rings. The summed E-state index contributed by atoms with van der Waals surface area (Å²) in [6, 6.07) is 2.01. The molecular formula is C21H24N6. The van der Waals surface area contributed by atoms with Crippen molar-refractivity contribution in [2.45, 2.75) is 19.8 Å². The van der Waals surface area contributed by atoms with Crippen LogP contribution in [0, 0.1) is 5.92 Å². The van der Waals surface area contributed by atoms with Gasteiger partial charge in [-0.05, 0) is 36.8 Å². The lowest BCUT2D eigenvalue weighted by Gasteiger charge is -2.18. The SMILES string of the molecule is C=C/C=C1/CN(c2cc(-c3cn[nH]c3)nc(/C(=C(/C)N)C3CC3)n2)CC1=C. The first-order chi connectivity index (χ1) is 13.1. The molecule has 1 saturated carbocycles. The van der Waals surface area contributed by atoms with Gasteiger partial charge in [-0.3, -0.25) is 5.10 Å². The van der Waals surface area contributed by atoms with Gasteiger partial charge in [-0.25, -0.2) is 9.97 Å². The topological polar surface area (TPSA) is 83.7 Å². The van der Waals surface area contributed by atoms with Crippen molar-refractivity contribution < 1.29 is 0 Å². The molecule has 4 rings (SSSR count). The van der Waals surface area contributed by atoms with Crippen molar-refractivity contribution in [1.82, 2.24) is 20.2 Å². The van der Waals surface area contributed by atoms with Crippen LogP contribution in [0.5, 0.6) is 0 Å². The Bertz CT molecular complexity index is 943. The van der Waals surface area contributed by atoms with E-state index in [9.17, 15) is 0 Å². The average Bonchev–Trinajstić information content (AvgIpc) is 3.17. The van der Waals surface area contributed by atoms with Crippen molar-refractivity contribution in [3.05, 3.63) is 66.4 Å². The molecule has 1 saturated heterocycles. The van der Waals surface area contributed by atoms with E-state index in [0.717, 1.165) is 65.7 Å². The summed E-state index contributed by atoms with van der Waals surface area (Å²) < 4.78 is 0. The highest BCUT2D eigenvalue weighted by atomic mass is 15.2. The summed E-state index contributed by atoms with van der Waals surface area (Å²) in [5.41, 5.74) is 12.1. The lowest BCUT2D eigenvalue weighted by atomic mass is 10.1. The Morgan fingerprint density at radius 3 is 2.78 bits per heavy atom. The smallest absolute Gasteiger partial charge is 0.160 e. The van der Waals surface area contributed by atoms with Gasteiger partial charge in [-0.2, -0.15) is 5.10 Å². The Morgan fingerprint density at radius 1 is 1.33 bits per heavy atom. The van der Waals surface area contributed by atoms with E-state index in [1.165, 1.54) is 5.57 Å². The van der Waals surface area contributed by atoms with Gasteiger partial charge in [0, 0.05) is 42.2 Å². The molecule has 0 radical (unpaired) electrons. The second-order valence-corrected chi connectivity index (χ2v) is 7.18. The lowest BCUT2D eigenvalue weighted by Crippen LogP contribution is -2.21. The van der Waals surface area contributed by atoms with Crippen molar-refractivity contribution in [3.8, 4) is 11.3 Å². The van der Waals surface area contributed by atoms with Gasteiger partial charge in [0.25, 0.3) is 0 Å². The maximum Gasteiger partial charge on any atom is 0.160 e. The van der Waals surface area contributed by atoms with E-state index >= 15 is 0 Å². The fourth-order valence-electron chi connectivity index (χ4n) is 3.49. The molecule has 27 heavy (non-hydrogen) atoms. The number of allylic oxidation sites excluding steroid dienone is 4. The number of aromatic nitrogens is 4. The van der Waals surface area contributed by atoms with E-state index in [1.807, 2.05) is 25.3 Å². The highest BCUT2D eigenvalue weighted by Gasteiger charge is 2.31. The van der Waals surface area contributed by atoms with Crippen LogP contribution in [0.15, 0.2) is 60.6 Å². The van der Waals surface area contributed by atoms with Crippen LogP contribution in [0.4, 0.5) is 5.82 Å². The van der Waals surface area contributed by atoms with Crippen LogP contribution >= 0.6 is 0 Å². The van der Waals surface area contributed by atoms with Crippen molar-refractivity contribution in [2.24, 2.45) is 11.7 Å². The molecular weight excluding hydrogens is 336 g/mol. The first kappa shape index (κ1) is 17.3. The minimum Gasteiger partial charge on any atom is -0.402 e. The predicted octanol–water partition coefficient (Wildman–Crippen LogP) is 3.46. The molecule has 0 unspecified atom stereocenters. The van der Waals surface area contributed by atoms with Crippen LogP contribution in [0.1, 0.15) is 25.6 Å². The molecule has 6 nitrogen and oxygen atoms in total. The number of H-pyrrole nitrogens is 1. The van der Waals surface area contributed by atoms with Crippen LogP contribution in [0.25, 0.3) is 16.8 Å². The number of hydrogen-bond donors (Lipinski definition) is 2. The molecule has 3 heterocycles.